The zero-order chi connectivity index (χ0) is 11.2. The number of nitrogens with zero attached hydrogens (tertiary/aromatic N) is 2. The van der Waals surface area contributed by atoms with Crippen molar-refractivity contribution in [3.8, 4) is 0 Å². The van der Waals surface area contributed by atoms with E-state index in [0.717, 1.165) is 11.6 Å². The van der Waals surface area contributed by atoms with Crippen molar-refractivity contribution in [1.82, 2.24) is 9.97 Å². The Kier molecular flexibility index (Phi) is 3.77. The van der Waals surface area contributed by atoms with Crippen molar-refractivity contribution in [3.63, 3.8) is 0 Å². The summed E-state index contributed by atoms with van der Waals surface area (Å²) in [5, 5.41) is 3.04. The quantitative estimate of drug-likeness (QED) is 0.821. The van der Waals surface area contributed by atoms with E-state index in [1.54, 1.807) is 11.8 Å². The maximum atomic E-state index is 4.18. The molecule has 2 heterocycles. The molecule has 0 fully saturated rings. The Morgan fingerprint density at radius 2 is 2.00 bits per heavy atom. The fourth-order valence-corrected chi connectivity index (χ4v) is 2.13. The minimum absolute atomic E-state index is 0.910. The van der Waals surface area contributed by atoms with Gasteiger partial charge in [-0.2, -0.15) is 0 Å². The summed E-state index contributed by atoms with van der Waals surface area (Å²) in [5.74, 6) is 1.86. The van der Waals surface area contributed by atoms with Crippen molar-refractivity contribution < 1.29 is 0 Å². The summed E-state index contributed by atoms with van der Waals surface area (Å²) in [6.07, 6.45) is 5.45. The van der Waals surface area contributed by atoms with Crippen LogP contribution in [-0.2, 0) is 5.75 Å². The van der Waals surface area contributed by atoms with Gasteiger partial charge in [-0.3, -0.25) is 4.98 Å². The number of anilines is 1. The highest BCUT2D eigenvalue weighted by Crippen LogP contribution is 2.22. The summed E-state index contributed by atoms with van der Waals surface area (Å²) in [5.41, 5.74) is 1.26. The van der Waals surface area contributed by atoms with Crippen LogP contribution in [0.5, 0.6) is 0 Å². The van der Waals surface area contributed by atoms with Crippen LogP contribution in [0, 0.1) is 0 Å². The average molecular weight is 231 g/mol. The van der Waals surface area contributed by atoms with Gasteiger partial charge in [0.05, 0.1) is 0 Å². The maximum absolute atomic E-state index is 4.18. The van der Waals surface area contributed by atoms with E-state index in [1.165, 1.54) is 10.5 Å². The molecule has 3 nitrogen and oxygen atoms in total. The molecule has 16 heavy (non-hydrogen) atoms. The van der Waals surface area contributed by atoms with E-state index < -0.39 is 0 Å². The molecule has 0 spiro atoms. The highest BCUT2D eigenvalue weighted by molar-refractivity contribution is 7.98. The second-order valence-corrected chi connectivity index (χ2v) is 4.32. The standard InChI is InChI=1S/C12H13N3S/c1-13-12-8-10(2-7-15-12)9-16-11-3-5-14-6-4-11/h2-8H,9H2,1H3,(H,13,15). The van der Waals surface area contributed by atoms with Gasteiger partial charge < -0.3 is 5.32 Å². The van der Waals surface area contributed by atoms with Crippen molar-refractivity contribution in [1.29, 1.82) is 0 Å². The highest BCUT2D eigenvalue weighted by Gasteiger charge is 1.97. The molecule has 0 amide bonds. The predicted molar refractivity (Wildman–Crippen MR) is 67.6 cm³/mol. The lowest BCUT2D eigenvalue weighted by Gasteiger charge is -2.03. The summed E-state index contributed by atoms with van der Waals surface area (Å²) < 4.78 is 0. The summed E-state index contributed by atoms with van der Waals surface area (Å²) >= 11 is 1.80. The third kappa shape index (κ3) is 2.97. The van der Waals surface area contributed by atoms with Crippen molar-refractivity contribution in [3.05, 3.63) is 48.4 Å². The van der Waals surface area contributed by atoms with Gasteiger partial charge in [-0.1, -0.05) is 0 Å². The molecule has 2 aromatic rings. The summed E-state index contributed by atoms with van der Waals surface area (Å²) in [7, 11) is 1.88. The first-order chi connectivity index (χ1) is 7.88. The lowest BCUT2D eigenvalue weighted by atomic mass is 10.3. The van der Waals surface area contributed by atoms with Crippen LogP contribution < -0.4 is 5.32 Å². The number of thioether (sulfide) groups is 1. The third-order valence-corrected chi connectivity index (χ3v) is 3.22. The first kappa shape index (κ1) is 11.0. The first-order valence-corrected chi connectivity index (χ1v) is 6.02. The van der Waals surface area contributed by atoms with Crippen LogP contribution in [0.1, 0.15) is 5.56 Å². The molecular formula is C12H13N3S. The summed E-state index contributed by atoms with van der Waals surface area (Å²) in [6, 6.07) is 8.14. The van der Waals surface area contributed by atoms with E-state index in [-0.39, 0.29) is 0 Å². The molecule has 2 aromatic heterocycles. The number of hydrogen-bond donors (Lipinski definition) is 1. The molecule has 0 unspecified atom stereocenters. The molecule has 2 rings (SSSR count). The number of hydrogen-bond acceptors (Lipinski definition) is 4. The van der Waals surface area contributed by atoms with E-state index in [9.17, 15) is 0 Å². The van der Waals surface area contributed by atoms with E-state index >= 15 is 0 Å². The van der Waals surface area contributed by atoms with Gasteiger partial charge in [0.25, 0.3) is 0 Å². The molecule has 0 bridgehead atoms. The highest BCUT2D eigenvalue weighted by atomic mass is 32.2. The van der Waals surface area contributed by atoms with Crippen LogP contribution in [0.25, 0.3) is 0 Å². The van der Waals surface area contributed by atoms with Crippen LogP contribution in [0.15, 0.2) is 47.8 Å². The molecular weight excluding hydrogens is 218 g/mol. The van der Waals surface area contributed by atoms with Crippen molar-refractivity contribution in [2.75, 3.05) is 12.4 Å². The van der Waals surface area contributed by atoms with Gasteiger partial charge in [-0.25, -0.2) is 4.98 Å². The fraction of sp³-hybridized carbons (Fsp3) is 0.167. The zero-order valence-electron chi connectivity index (χ0n) is 9.05. The fourth-order valence-electron chi connectivity index (χ4n) is 1.30. The van der Waals surface area contributed by atoms with Crippen molar-refractivity contribution in [2.24, 2.45) is 0 Å². The first-order valence-electron chi connectivity index (χ1n) is 5.04. The van der Waals surface area contributed by atoms with Gasteiger partial charge in [0, 0.05) is 36.3 Å². The molecule has 0 aliphatic heterocycles. The molecule has 0 saturated heterocycles. The number of nitrogens with one attached hydrogen (secondary N) is 1. The second kappa shape index (κ2) is 5.51. The third-order valence-electron chi connectivity index (χ3n) is 2.14. The van der Waals surface area contributed by atoms with E-state index in [4.69, 9.17) is 0 Å². The molecule has 1 N–H and O–H groups in total. The molecule has 0 aliphatic carbocycles. The maximum Gasteiger partial charge on any atom is 0.125 e. The van der Waals surface area contributed by atoms with Crippen LogP contribution in [0.2, 0.25) is 0 Å². The largest absolute Gasteiger partial charge is 0.373 e. The molecule has 4 heteroatoms. The Bertz CT molecular complexity index is 445. The van der Waals surface area contributed by atoms with Gasteiger partial charge in [0.15, 0.2) is 0 Å². The van der Waals surface area contributed by atoms with Gasteiger partial charge in [-0.05, 0) is 29.8 Å². The lowest BCUT2D eigenvalue weighted by Crippen LogP contribution is -1.92. The predicted octanol–water partition coefficient (Wildman–Crippen LogP) is 2.81. The normalized spacial score (nSPS) is 10.1. The topological polar surface area (TPSA) is 37.8 Å². The zero-order valence-corrected chi connectivity index (χ0v) is 9.87. The molecule has 0 radical (unpaired) electrons. The second-order valence-electron chi connectivity index (χ2n) is 3.27. The monoisotopic (exact) mass is 231 g/mol. The Hall–Kier alpha value is -1.55. The minimum Gasteiger partial charge on any atom is -0.373 e. The molecule has 0 atom stereocenters. The van der Waals surface area contributed by atoms with Gasteiger partial charge in [0.1, 0.15) is 5.82 Å². The van der Waals surface area contributed by atoms with Gasteiger partial charge in [0.2, 0.25) is 0 Å². The Labute approximate surface area is 99.3 Å². The Morgan fingerprint density at radius 1 is 1.19 bits per heavy atom. The number of pyridine rings is 2. The lowest BCUT2D eigenvalue weighted by molar-refractivity contribution is 1.23. The van der Waals surface area contributed by atoms with Crippen LogP contribution in [0.4, 0.5) is 5.82 Å². The minimum atomic E-state index is 0.910. The van der Waals surface area contributed by atoms with Gasteiger partial charge >= 0.3 is 0 Å². The molecule has 0 aromatic carbocycles. The van der Waals surface area contributed by atoms with Crippen molar-refractivity contribution in [2.45, 2.75) is 10.6 Å². The Morgan fingerprint density at radius 3 is 2.75 bits per heavy atom. The van der Waals surface area contributed by atoms with E-state index in [0.29, 0.717) is 0 Å². The van der Waals surface area contributed by atoms with Crippen LogP contribution in [0.3, 0.4) is 0 Å². The Balaban J connectivity index is 1.99. The molecule has 82 valence electrons. The number of aromatic nitrogens is 2. The summed E-state index contributed by atoms with van der Waals surface area (Å²) in [6.45, 7) is 0. The van der Waals surface area contributed by atoms with Crippen LogP contribution in [-0.4, -0.2) is 17.0 Å². The van der Waals surface area contributed by atoms with Crippen LogP contribution >= 0.6 is 11.8 Å². The van der Waals surface area contributed by atoms with E-state index in [1.807, 2.05) is 43.8 Å². The molecule has 0 saturated carbocycles. The van der Waals surface area contributed by atoms with Crippen molar-refractivity contribution >= 4 is 17.6 Å². The average Bonchev–Trinajstić information content (AvgIpc) is 2.38. The molecule has 0 aliphatic rings. The smallest absolute Gasteiger partial charge is 0.125 e. The van der Waals surface area contributed by atoms with Gasteiger partial charge in [-0.15, -0.1) is 11.8 Å². The summed E-state index contributed by atoms with van der Waals surface area (Å²) in [4.78, 5) is 9.41. The SMILES string of the molecule is CNc1cc(CSc2ccncc2)ccn1. The van der Waals surface area contributed by atoms with E-state index in [2.05, 4.69) is 21.4 Å². The number of rotatable bonds is 4.